The fourth-order valence-corrected chi connectivity index (χ4v) is 3.27. The van der Waals surface area contributed by atoms with Crippen LogP contribution in [0, 0.1) is 0 Å². The molecule has 0 aliphatic heterocycles. The minimum Gasteiger partial charge on any atom is -0.354 e. The highest BCUT2D eigenvalue weighted by molar-refractivity contribution is 5.98. The van der Waals surface area contributed by atoms with E-state index in [1.165, 1.54) is 11.1 Å². The van der Waals surface area contributed by atoms with Gasteiger partial charge >= 0.3 is 0 Å². The van der Waals surface area contributed by atoms with Crippen molar-refractivity contribution in [3.63, 3.8) is 0 Å². The topological polar surface area (TPSA) is 75.3 Å². The van der Waals surface area contributed by atoms with Crippen LogP contribution in [0.25, 0.3) is 0 Å². The lowest BCUT2D eigenvalue weighted by Gasteiger charge is -2.08. The molecule has 2 N–H and O–H groups in total. The molecule has 1 aliphatic rings. The van der Waals surface area contributed by atoms with Crippen LogP contribution in [-0.2, 0) is 17.6 Å². The third-order valence-electron chi connectivity index (χ3n) is 4.77. The van der Waals surface area contributed by atoms with Gasteiger partial charge in [0.05, 0.1) is 0 Å². The lowest BCUT2D eigenvalue weighted by molar-refractivity contribution is -0.121. The second-order valence-electron chi connectivity index (χ2n) is 6.73. The molecule has 0 fully saturated rings. The van der Waals surface area contributed by atoms with Gasteiger partial charge in [-0.25, -0.2) is 0 Å². The number of aryl methyl sites for hydroxylation is 2. The number of ketones is 1. The normalized spacial score (nSPS) is 12.3. The van der Waals surface area contributed by atoms with Gasteiger partial charge in [0.1, 0.15) is 0 Å². The highest BCUT2D eigenvalue weighted by Gasteiger charge is 2.14. The summed E-state index contributed by atoms with van der Waals surface area (Å²) in [5.41, 5.74) is 3.88. The second-order valence-corrected chi connectivity index (χ2v) is 6.73. The predicted octanol–water partition coefficient (Wildman–Crippen LogP) is 2.68. The van der Waals surface area contributed by atoms with Crippen LogP contribution in [0.4, 0.5) is 0 Å². The summed E-state index contributed by atoms with van der Waals surface area (Å²) in [4.78, 5) is 36.1. The molecule has 3 rings (SSSR count). The van der Waals surface area contributed by atoms with E-state index in [4.69, 9.17) is 0 Å². The van der Waals surface area contributed by atoms with Crippen molar-refractivity contribution >= 4 is 17.6 Å². The van der Waals surface area contributed by atoms with Crippen molar-refractivity contribution in [2.75, 3.05) is 13.1 Å². The minimum absolute atomic E-state index is 0.00256. The first kappa shape index (κ1) is 18.8. The standard InChI is InChI=1S/C22H24N2O3/c25-20(19-10-9-16-7-4-8-18(16)15-19)11-12-21(26)23-13-14-24-22(27)17-5-2-1-3-6-17/h1-3,5-6,9-10,15H,4,7-8,11-14H2,(H,23,26)(H,24,27). The van der Waals surface area contributed by atoms with Gasteiger partial charge in [-0.3, -0.25) is 14.4 Å². The molecule has 140 valence electrons. The average Bonchev–Trinajstić information content (AvgIpc) is 3.17. The van der Waals surface area contributed by atoms with Gasteiger partial charge in [0, 0.05) is 37.1 Å². The van der Waals surface area contributed by atoms with Crippen molar-refractivity contribution in [1.29, 1.82) is 0 Å². The Balaban J connectivity index is 1.35. The molecule has 0 aromatic heterocycles. The van der Waals surface area contributed by atoms with Crippen LogP contribution >= 0.6 is 0 Å². The summed E-state index contributed by atoms with van der Waals surface area (Å²) in [7, 11) is 0. The molecule has 5 nitrogen and oxygen atoms in total. The van der Waals surface area contributed by atoms with Crippen LogP contribution in [-0.4, -0.2) is 30.7 Å². The first-order valence-electron chi connectivity index (χ1n) is 9.38. The fraction of sp³-hybridized carbons (Fsp3) is 0.318. The van der Waals surface area contributed by atoms with Crippen LogP contribution in [0.1, 0.15) is 51.1 Å². The number of hydrogen-bond acceptors (Lipinski definition) is 3. The molecule has 0 unspecified atom stereocenters. The van der Waals surface area contributed by atoms with E-state index in [2.05, 4.69) is 10.6 Å². The quantitative estimate of drug-likeness (QED) is 0.559. The first-order valence-corrected chi connectivity index (χ1v) is 9.38. The van der Waals surface area contributed by atoms with Gasteiger partial charge in [0.15, 0.2) is 5.78 Å². The number of amides is 2. The van der Waals surface area contributed by atoms with Crippen LogP contribution < -0.4 is 10.6 Å². The van der Waals surface area contributed by atoms with Gasteiger partial charge in [-0.05, 0) is 48.6 Å². The van der Waals surface area contributed by atoms with Crippen molar-refractivity contribution < 1.29 is 14.4 Å². The number of rotatable bonds is 8. The molecule has 0 atom stereocenters. The molecule has 0 saturated carbocycles. The Kier molecular flexibility index (Phi) is 6.36. The van der Waals surface area contributed by atoms with Crippen molar-refractivity contribution in [3.8, 4) is 0 Å². The van der Waals surface area contributed by atoms with E-state index in [1.54, 1.807) is 24.3 Å². The largest absolute Gasteiger partial charge is 0.354 e. The summed E-state index contributed by atoms with van der Waals surface area (Å²) in [6.45, 7) is 0.683. The Labute approximate surface area is 159 Å². The fourth-order valence-electron chi connectivity index (χ4n) is 3.27. The molecule has 0 bridgehead atoms. The Morgan fingerprint density at radius 1 is 0.778 bits per heavy atom. The van der Waals surface area contributed by atoms with E-state index in [0.29, 0.717) is 24.2 Å². The van der Waals surface area contributed by atoms with E-state index in [9.17, 15) is 14.4 Å². The summed E-state index contributed by atoms with van der Waals surface area (Å²) < 4.78 is 0. The number of hydrogen-bond donors (Lipinski definition) is 2. The van der Waals surface area contributed by atoms with E-state index < -0.39 is 0 Å². The molecule has 0 spiro atoms. The monoisotopic (exact) mass is 364 g/mol. The number of nitrogens with one attached hydrogen (secondary N) is 2. The van der Waals surface area contributed by atoms with Crippen LogP contribution in [0.2, 0.25) is 0 Å². The molecule has 27 heavy (non-hydrogen) atoms. The van der Waals surface area contributed by atoms with E-state index >= 15 is 0 Å². The zero-order valence-electron chi connectivity index (χ0n) is 15.3. The Bertz CT molecular complexity index is 831. The molecular weight excluding hydrogens is 340 g/mol. The second kappa shape index (κ2) is 9.12. The Morgan fingerprint density at radius 2 is 1.52 bits per heavy atom. The zero-order valence-corrected chi connectivity index (χ0v) is 15.3. The van der Waals surface area contributed by atoms with Crippen molar-refractivity contribution in [3.05, 3.63) is 70.8 Å². The molecule has 5 heteroatoms. The maximum atomic E-state index is 12.3. The average molecular weight is 364 g/mol. The summed E-state index contributed by atoms with van der Waals surface area (Å²) in [6, 6.07) is 14.8. The van der Waals surface area contributed by atoms with E-state index in [0.717, 1.165) is 19.3 Å². The number of Topliss-reactive ketones (excluding diaryl/α,β-unsaturated/α-hetero) is 1. The van der Waals surface area contributed by atoms with Crippen molar-refractivity contribution in [2.24, 2.45) is 0 Å². The first-order chi connectivity index (χ1) is 13.1. The third kappa shape index (κ3) is 5.26. The molecule has 2 aromatic carbocycles. The smallest absolute Gasteiger partial charge is 0.251 e. The van der Waals surface area contributed by atoms with Gasteiger partial charge in [-0.1, -0.05) is 30.3 Å². The summed E-state index contributed by atoms with van der Waals surface area (Å²) in [5, 5.41) is 5.48. The minimum atomic E-state index is -0.182. The predicted molar refractivity (Wildman–Crippen MR) is 104 cm³/mol. The lowest BCUT2D eigenvalue weighted by atomic mass is 10.0. The molecule has 1 aliphatic carbocycles. The zero-order chi connectivity index (χ0) is 19.1. The summed E-state index contributed by atoms with van der Waals surface area (Å²) in [5.74, 6) is -0.354. The third-order valence-corrected chi connectivity index (χ3v) is 4.77. The van der Waals surface area contributed by atoms with Gasteiger partial charge < -0.3 is 10.6 Å². The van der Waals surface area contributed by atoms with Crippen LogP contribution in [0.3, 0.4) is 0 Å². The molecule has 0 saturated heterocycles. The highest BCUT2D eigenvalue weighted by atomic mass is 16.2. The number of carbonyl (C=O) groups is 3. The lowest BCUT2D eigenvalue weighted by Crippen LogP contribution is -2.34. The number of carbonyl (C=O) groups excluding carboxylic acids is 3. The Morgan fingerprint density at radius 3 is 2.33 bits per heavy atom. The van der Waals surface area contributed by atoms with E-state index in [1.807, 2.05) is 24.3 Å². The van der Waals surface area contributed by atoms with Crippen LogP contribution in [0.15, 0.2) is 48.5 Å². The number of fused-ring (bicyclic) bond motifs is 1. The van der Waals surface area contributed by atoms with Gasteiger partial charge in [-0.2, -0.15) is 0 Å². The van der Waals surface area contributed by atoms with Gasteiger partial charge in [0.25, 0.3) is 5.91 Å². The number of benzene rings is 2. The SMILES string of the molecule is O=C(CCC(=O)c1ccc2c(c1)CCC2)NCCNC(=O)c1ccccc1. The maximum Gasteiger partial charge on any atom is 0.251 e. The molecule has 2 aromatic rings. The molecule has 0 heterocycles. The van der Waals surface area contributed by atoms with Crippen LogP contribution in [0.5, 0.6) is 0 Å². The summed E-state index contributed by atoms with van der Waals surface area (Å²) >= 11 is 0. The van der Waals surface area contributed by atoms with Crippen molar-refractivity contribution in [2.45, 2.75) is 32.1 Å². The van der Waals surface area contributed by atoms with Gasteiger partial charge in [-0.15, -0.1) is 0 Å². The summed E-state index contributed by atoms with van der Waals surface area (Å²) in [6.07, 6.45) is 3.62. The van der Waals surface area contributed by atoms with Crippen molar-refractivity contribution in [1.82, 2.24) is 10.6 Å². The molecule has 2 amide bonds. The Hall–Kier alpha value is -2.95. The maximum absolute atomic E-state index is 12.3. The molecular formula is C22H24N2O3. The molecule has 0 radical (unpaired) electrons. The van der Waals surface area contributed by atoms with E-state index in [-0.39, 0.29) is 30.4 Å². The highest BCUT2D eigenvalue weighted by Crippen LogP contribution is 2.23. The van der Waals surface area contributed by atoms with Gasteiger partial charge in [0.2, 0.25) is 5.91 Å².